The molecule has 4 aromatic rings. The summed E-state index contributed by atoms with van der Waals surface area (Å²) in [5, 5.41) is 0. The largest absolute Gasteiger partial charge is 0.465 e. The van der Waals surface area contributed by atoms with Gasteiger partial charge in [0.1, 0.15) is 5.65 Å². The second-order valence-electron chi connectivity index (χ2n) is 6.86. The number of aromatic nitrogens is 2. The second kappa shape index (κ2) is 6.50. The second-order valence-corrected chi connectivity index (χ2v) is 6.86. The molecule has 4 heteroatoms. The summed E-state index contributed by atoms with van der Waals surface area (Å²) in [6, 6.07) is 22.2. The molecule has 0 atom stereocenters. The van der Waals surface area contributed by atoms with E-state index in [1.807, 2.05) is 28.8 Å². The third kappa shape index (κ3) is 2.62. The van der Waals surface area contributed by atoms with Gasteiger partial charge in [-0.1, -0.05) is 54.6 Å². The van der Waals surface area contributed by atoms with Crippen molar-refractivity contribution in [2.24, 2.45) is 0 Å². The van der Waals surface area contributed by atoms with E-state index in [4.69, 9.17) is 9.72 Å². The summed E-state index contributed by atoms with van der Waals surface area (Å²) in [7, 11) is 1.39. The van der Waals surface area contributed by atoms with Crippen LogP contribution in [0.1, 0.15) is 27.2 Å². The smallest absolute Gasteiger partial charge is 0.338 e. The van der Waals surface area contributed by atoms with Gasteiger partial charge in [0.2, 0.25) is 0 Å². The van der Waals surface area contributed by atoms with E-state index < -0.39 is 0 Å². The normalized spacial score (nSPS) is 12.7. The van der Waals surface area contributed by atoms with Crippen LogP contribution in [0.25, 0.3) is 28.6 Å². The third-order valence-corrected chi connectivity index (χ3v) is 5.16. The number of hydrogen-bond donors (Lipinski definition) is 0. The Hall–Kier alpha value is -3.66. The average molecular weight is 366 g/mol. The summed E-state index contributed by atoms with van der Waals surface area (Å²) in [4.78, 5) is 16.9. The standard InChI is InChI=1S/C24H18N2O2/c1-28-24(27)19-11-12-26-21(15-19)25-22(23(26)16-7-3-2-4-8-16)20-13-17-9-5-6-10-18(17)14-20/h2-13,15H,14H2,1H3. The van der Waals surface area contributed by atoms with Crippen molar-refractivity contribution in [3.8, 4) is 11.3 Å². The quantitative estimate of drug-likeness (QED) is 0.485. The van der Waals surface area contributed by atoms with Gasteiger partial charge in [0.15, 0.2) is 0 Å². The van der Waals surface area contributed by atoms with Gasteiger partial charge < -0.3 is 4.74 Å². The molecule has 1 aliphatic carbocycles. The molecule has 2 heterocycles. The summed E-state index contributed by atoms with van der Waals surface area (Å²) in [6.45, 7) is 0. The maximum Gasteiger partial charge on any atom is 0.338 e. The van der Waals surface area contributed by atoms with E-state index in [1.165, 1.54) is 23.8 Å². The Labute approximate surface area is 162 Å². The molecule has 0 saturated heterocycles. The molecule has 0 bridgehead atoms. The van der Waals surface area contributed by atoms with Gasteiger partial charge in [0, 0.05) is 18.2 Å². The Morgan fingerprint density at radius 1 is 1.04 bits per heavy atom. The topological polar surface area (TPSA) is 43.6 Å². The van der Waals surface area contributed by atoms with E-state index in [2.05, 4.69) is 42.5 Å². The molecule has 4 nitrogen and oxygen atoms in total. The van der Waals surface area contributed by atoms with E-state index in [1.54, 1.807) is 12.1 Å². The van der Waals surface area contributed by atoms with Gasteiger partial charge in [-0.05, 0) is 34.9 Å². The van der Waals surface area contributed by atoms with Crippen LogP contribution in [-0.2, 0) is 11.2 Å². The molecule has 136 valence electrons. The number of carbonyl (C=O) groups is 1. The molecule has 0 spiro atoms. The van der Waals surface area contributed by atoms with Crippen molar-refractivity contribution < 1.29 is 9.53 Å². The maximum absolute atomic E-state index is 12.0. The average Bonchev–Trinajstić information content (AvgIpc) is 3.34. The Bertz CT molecular complexity index is 1240. The number of allylic oxidation sites excluding steroid dienone is 1. The highest BCUT2D eigenvalue weighted by atomic mass is 16.5. The minimum Gasteiger partial charge on any atom is -0.465 e. The number of ether oxygens (including phenoxy) is 1. The van der Waals surface area contributed by atoms with Gasteiger partial charge in [-0.2, -0.15) is 0 Å². The number of pyridine rings is 1. The van der Waals surface area contributed by atoms with Gasteiger partial charge >= 0.3 is 5.97 Å². The molecule has 2 aromatic carbocycles. The van der Waals surface area contributed by atoms with Crippen LogP contribution in [0, 0.1) is 0 Å². The Morgan fingerprint density at radius 2 is 1.82 bits per heavy atom. The van der Waals surface area contributed by atoms with Crippen LogP contribution in [0.4, 0.5) is 0 Å². The predicted octanol–water partition coefficient (Wildman–Crippen LogP) is 4.88. The molecule has 28 heavy (non-hydrogen) atoms. The predicted molar refractivity (Wildman–Crippen MR) is 110 cm³/mol. The van der Waals surface area contributed by atoms with Crippen LogP contribution in [0.5, 0.6) is 0 Å². The van der Waals surface area contributed by atoms with Crippen molar-refractivity contribution >= 4 is 23.3 Å². The number of rotatable bonds is 3. The number of benzene rings is 2. The van der Waals surface area contributed by atoms with E-state index in [0.29, 0.717) is 5.56 Å². The molecular weight excluding hydrogens is 348 g/mol. The first-order valence-corrected chi connectivity index (χ1v) is 9.19. The number of methoxy groups -OCH3 is 1. The van der Waals surface area contributed by atoms with Crippen molar-refractivity contribution in [1.82, 2.24) is 9.38 Å². The molecule has 0 aliphatic heterocycles. The zero-order chi connectivity index (χ0) is 19.1. The van der Waals surface area contributed by atoms with E-state index in [9.17, 15) is 4.79 Å². The summed E-state index contributed by atoms with van der Waals surface area (Å²) >= 11 is 0. The monoisotopic (exact) mass is 366 g/mol. The van der Waals surface area contributed by atoms with Crippen molar-refractivity contribution in [2.45, 2.75) is 6.42 Å². The minimum absolute atomic E-state index is 0.360. The summed E-state index contributed by atoms with van der Waals surface area (Å²) < 4.78 is 6.90. The van der Waals surface area contributed by atoms with Gasteiger partial charge in [-0.3, -0.25) is 4.40 Å². The molecule has 5 rings (SSSR count). The highest BCUT2D eigenvalue weighted by Gasteiger charge is 2.22. The zero-order valence-electron chi connectivity index (χ0n) is 15.4. The molecule has 0 radical (unpaired) electrons. The Kier molecular flexibility index (Phi) is 3.83. The fraction of sp³-hybridized carbons (Fsp3) is 0.0833. The number of nitrogens with zero attached hydrogens (tertiary/aromatic N) is 2. The lowest BCUT2D eigenvalue weighted by molar-refractivity contribution is 0.0600. The number of imidazole rings is 1. The van der Waals surface area contributed by atoms with Crippen LogP contribution in [0.15, 0.2) is 72.9 Å². The van der Waals surface area contributed by atoms with Crippen LogP contribution >= 0.6 is 0 Å². The molecule has 0 saturated carbocycles. The number of hydrogen-bond acceptors (Lipinski definition) is 3. The van der Waals surface area contributed by atoms with Gasteiger partial charge in [0.25, 0.3) is 0 Å². The molecule has 0 fully saturated rings. The van der Waals surface area contributed by atoms with Crippen LogP contribution < -0.4 is 0 Å². The first-order chi connectivity index (χ1) is 13.7. The first-order valence-electron chi connectivity index (χ1n) is 9.19. The summed E-state index contributed by atoms with van der Waals surface area (Å²) in [5.74, 6) is -0.360. The molecule has 2 aromatic heterocycles. The SMILES string of the molecule is COC(=O)c1ccn2c(-c3ccccc3)c(C3=Cc4ccccc4C3)nc2c1. The summed E-state index contributed by atoms with van der Waals surface area (Å²) in [5.41, 5.74) is 8.03. The lowest BCUT2D eigenvalue weighted by atomic mass is 10.0. The zero-order valence-corrected chi connectivity index (χ0v) is 15.4. The van der Waals surface area contributed by atoms with Crippen molar-refractivity contribution in [3.63, 3.8) is 0 Å². The molecule has 0 amide bonds. The minimum atomic E-state index is -0.360. The Morgan fingerprint density at radius 3 is 2.61 bits per heavy atom. The van der Waals surface area contributed by atoms with E-state index in [-0.39, 0.29) is 5.97 Å². The van der Waals surface area contributed by atoms with E-state index in [0.717, 1.165) is 29.0 Å². The third-order valence-electron chi connectivity index (χ3n) is 5.16. The first kappa shape index (κ1) is 16.5. The lowest BCUT2D eigenvalue weighted by Crippen LogP contribution is -2.02. The van der Waals surface area contributed by atoms with Crippen LogP contribution in [0.2, 0.25) is 0 Å². The van der Waals surface area contributed by atoms with Gasteiger partial charge in [0.05, 0.1) is 24.1 Å². The fourth-order valence-electron chi connectivity index (χ4n) is 3.82. The van der Waals surface area contributed by atoms with Crippen LogP contribution in [0.3, 0.4) is 0 Å². The highest BCUT2D eigenvalue weighted by molar-refractivity contribution is 5.94. The van der Waals surface area contributed by atoms with Crippen molar-refractivity contribution in [3.05, 3.63) is 95.3 Å². The van der Waals surface area contributed by atoms with Crippen LogP contribution in [-0.4, -0.2) is 22.5 Å². The van der Waals surface area contributed by atoms with Gasteiger partial charge in [-0.15, -0.1) is 0 Å². The van der Waals surface area contributed by atoms with Crippen molar-refractivity contribution in [2.75, 3.05) is 7.11 Å². The fourth-order valence-corrected chi connectivity index (χ4v) is 3.82. The molecular formula is C24H18N2O2. The van der Waals surface area contributed by atoms with E-state index >= 15 is 0 Å². The van der Waals surface area contributed by atoms with Gasteiger partial charge in [-0.25, -0.2) is 9.78 Å². The molecule has 1 aliphatic rings. The number of fused-ring (bicyclic) bond motifs is 2. The summed E-state index contributed by atoms with van der Waals surface area (Å²) in [6.07, 6.45) is 4.96. The highest BCUT2D eigenvalue weighted by Crippen LogP contribution is 2.37. The molecule has 0 N–H and O–H groups in total. The lowest BCUT2D eigenvalue weighted by Gasteiger charge is -2.07. The number of esters is 1. The van der Waals surface area contributed by atoms with Crippen molar-refractivity contribution in [1.29, 1.82) is 0 Å². The molecule has 0 unspecified atom stereocenters. The maximum atomic E-state index is 12.0. The Balaban J connectivity index is 1.73. The number of carbonyl (C=O) groups excluding carboxylic acids is 1.